The lowest BCUT2D eigenvalue weighted by Crippen LogP contribution is -2.30. The summed E-state index contributed by atoms with van der Waals surface area (Å²) in [6.45, 7) is 19.3. The Hall–Kier alpha value is -4.69. The molecule has 254 valence electrons. The van der Waals surface area contributed by atoms with Crippen LogP contribution in [0, 0.1) is 12.7 Å². The Kier molecular flexibility index (Phi) is 13.4. The van der Waals surface area contributed by atoms with E-state index < -0.39 is 0 Å². The van der Waals surface area contributed by atoms with Crippen LogP contribution in [0.1, 0.15) is 101 Å². The van der Waals surface area contributed by atoms with Crippen LogP contribution in [0.2, 0.25) is 0 Å². The summed E-state index contributed by atoms with van der Waals surface area (Å²) in [6.07, 6.45) is 14.5. The van der Waals surface area contributed by atoms with Gasteiger partial charge in [0.25, 0.3) is 0 Å². The molecule has 1 unspecified atom stereocenters. The molecule has 0 saturated heterocycles. The molecule has 0 saturated carbocycles. The van der Waals surface area contributed by atoms with Crippen LogP contribution < -0.4 is 0 Å². The van der Waals surface area contributed by atoms with Gasteiger partial charge in [0.05, 0.1) is 6.04 Å². The molecule has 1 heterocycles. The maximum absolute atomic E-state index is 13.7. The van der Waals surface area contributed by atoms with Gasteiger partial charge in [-0.05, 0) is 109 Å². The van der Waals surface area contributed by atoms with Crippen LogP contribution in [0.3, 0.4) is 0 Å². The summed E-state index contributed by atoms with van der Waals surface area (Å²) in [4.78, 5) is 2.15. The molecule has 0 N–H and O–H groups in total. The molecule has 2 heteroatoms. The van der Waals surface area contributed by atoms with Crippen molar-refractivity contribution >= 4 is 33.2 Å². The van der Waals surface area contributed by atoms with Gasteiger partial charge in [0.15, 0.2) is 0 Å². The number of fused-ring (bicyclic) bond motifs is 3. The zero-order valence-electron chi connectivity index (χ0n) is 31.0. The molecule has 0 aromatic heterocycles. The maximum atomic E-state index is 13.7. The lowest BCUT2D eigenvalue weighted by Gasteiger charge is -2.34. The van der Waals surface area contributed by atoms with Crippen LogP contribution in [0.4, 0.5) is 4.39 Å². The van der Waals surface area contributed by atoms with Crippen molar-refractivity contribution in [1.29, 1.82) is 0 Å². The second-order valence-corrected chi connectivity index (χ2v) is 12.7. The predicted octanol–water partition coefficient (Wildman–Crippen LogP) is 13.8. The van der Waals surface area contributed by atoms with Gasteiger partial charge in [-0.2, -0.15) is 0 Å². The Labute approximate surface area is 295 Å². The van der Waals surface area contributed by atoms with E-state index in [1.807, 2.05) is 50.4 Å². The number of rotatable bonds is 7. The number of hydrogen-bond donors (Lipinski definition) is 0. The molecule has 5 aromatic carbocycles. The predicted molar refractivity (Wildman–Crippen MR) is 214 cm³/mol. The minimum atomic E-state index is -0.141. The molecule has 0 fully saturated rings. The molecule has 1 aliphatic heterocycles. The fraction of sp³-hybridized carbons (Fsp3) is 0.277. The fourth-order valence-electron chi connectivity index (χ4n) is 6.69. The minimum Gasteiger partial charge on any atom is -0.364 e. The second kappa shape index (κ2) is 17.6. The van der Waals surface area contributed by atoms with E-state index >= 15 is 0 Å². The molecule has 0 aliphatic carbocycles. The molecule has 49 heavy (non-hydrogen) atoms. The van der Waals surface area contributed by atoms with Crippen molar-refractivity contribution in [3.05, 3.63) is 166 Å². The van der Waals surface area contributed by atoms with E-state index in [1.165, 1.54) is 66.6 Å². The molecule has 0 spiro atoms. The lowest BCUT2D eigenvalue weighted by molar-refractivity contribution is 0.258. The van der Waals surface area contributed by atoms with E-state index in [4.69, 9.17) is 0 Å². The molecular formula is C47H54FN. The van der Waals surface area contributed by atoms with E-state index in [0.29, 0.717) is 6.04 Å². The van der Waals surface area contributed by atoms with Gasteiger partial charge in [-0.15, -0.1) is 0 Å². The van der Waals surface area contributed by atoms with Gasteiger partial charge >= 0.3 is 0 Å². The van der Waals surface area contributed by atoms with Crippen LogP contribution in [0.15, 0.2) is 127 Å². The number of halogens is 1. The van der Waals surface area contributed by atoms with Crippen molar-refractivity contribution in [3.63, 3.8) is 0 Å². The van der Waals surface area contributed by atoms with E-state index in [1.54, 1.807) is 6.07 Å². The SMILES string of the molecule is C/C=C\c1c(C(=C(C)CC)c2ccccc2CC)ccc2c1ccc1cc(C)ccc12.CC.CC(C)N1C=CC=CC1c1ccccc1F. The summed E-state index contributed by atoms with van der Waals surface area (Å²) in [6, 6.07) is 32.2. The summed E-state index contributed by atoms with van der Waals surface area (Å²) < 4.78 is 13.7. The molecular weight excluding hydrogens is 598 g/mol. The van der Waals surface area contributed by atoms with Gasteiger partial charge in [0, 0.05) is 17.8 Å². The zero-order chi connectivity index (χ0) is 35.5. The Morgan fingerprint density at radius 1 is 0.816 bits per heavy atom. The van der Waals surface area contributed by atoms with Crippen molar-refractivity contribution in [1.82, 2.24) is 4.90 Å². The highest BCUT2D eigenvalue weighted by Gasteiger charge is 2.21. The van der Waals surface area contributed by atoms with Crippen LogP contribution in [0.5, 0.6) is 0 Å². The number of benzene rings is 5. The largest absolute Gasteiger partial charge is 0.364 e. The molecule has 0 amide bonds. The summed E-state index contributed by atoms with van der Waals surface area (Å²) >= 11 is 0. The van der Waals surface area contributed by atoms with Gasteiger partial charge in [0.2, 0.25) is 0 Å². The molecule has 1 nitrogen and oxygen atoms in total. The Morgan fingerprint density at radius 3 is 2.20 bits per heavy atom. The molecule has 6 rings (SSSR count). The molecule has 0 bridgehead atoms. The van der Waals surface area contributed by atoms with E-state index in [9.17, 15) is 4.39 Å². The highest BCUT2D eigenvalue weighted by Crippen LogP contribution is 2.38. The van der Waals surface area contributed by atoms with Gasteiger partial charge in [-0.1, -0.05) is 148 Å². The summed E-state index contributed by atoms with van der Waals surface area (Å²) in [5.74, 6) is -0.141. The summed E-state index contributed by atoms with van der Waals surface area (Å²) in [5.41, 5.74) is 10.3. The molecule has 5 aromatic rings. The Morgan fingerprint density at radius 2 is 1.51 bits per heavy atom. The van der Waals surface area contributed by atoms with Crippen LogP contribution in [-0.4, -0.2) is 10.9 Å². The third-order valence-corrected chi connectivity index (χ3v) is 9.25. The third-order valence-electron chi connectivity index (χ3n) is 9.25. The topological polar surface area (TPSA) is 3.24 Å². The minimum absolute atomic E-state index is 0.00574. The van der Waals surface area contributed by atoms with Crippen molar-refractivity contribution in [2.75, 3.05) is 0 Å². The van der Waals surface area contributed by atoms with E-state index in [2.05, 4.69) is 132 Å². The molecule has 0 radical (unpaired) electrons. The second-order valence-electron chi connectivity index (χ2n) is 12.7. The van der Waals surface area contributed by atoms with Gasteiger partial charge < -0.3 is 4.90 Å². The Balaban J connectivity index is 0.000000252. The Bertz CT molecular complexity index is 1990. The fourth-order valence-corrected chi connectivity index (χ4v) is 6.69. The summed E-state index contributed by atoms with van der Waals surface area (Å²) in [5, 5.41) is 5.28. The van der Waals surface area contributed by atoms with Crippen LogP contribution in [0.25, 0.3) is 33.2 Å². The van der Waals surface area contributed by atoms with Crippen LogP contribution >= 0.6 is 0 Å². The van der Waals surface area contributed by atoms with Gasteiger partial charge in [0.1, 0.15) is 5.82 Å². The number of hydrogen-bond acceptors (Lipinski definition) is 1. The average molecular weight is 652 g/mol. The first kappa shape index (κ1) is 37.1. The number of nitrogens with zero attached hydrogens (tertiary/aromatic N) is 1. The molecule has 1 aliphatic rings. The first-order valence-electron chi connectivity index (χ1n) is 18.0. The van der Waals surface area contributed by atoms with Crippen molar-refractivity contribution in [2.24, 2.45) is 0 Å². The van der Waals surface area contributed by atoms with Gasteiger partial charge in [-0.25, -0.2) is 4.39 Å². The quantitative estimate of drug-likeness (QED) is 0.158. The normalized spacial score (nSPS) is 14.5. The van der Waals surface area contributed by atoms with Crippen molar-refractivity contribution < 1.29 is 4.39 Å². The standard InChI is InChI=1S/C31H32.C14H16FN.C2H6/c1-6-11-27-29-17-15-24-20-21(4)14-16-25(24)28(29)18-19-30(27)31(22(5)7-2)26-13-10-9-12-23(26)8-3;1-11(2)16-10-6-5-9-14(16)12-7-3-4-8-13(12)15;1-2/h6,9-20H,7-8H2,1-5H3;3-11,14H,1-2H3;1-2H3/b11-6-,31-22?;;. The third kappa shape index (κ3) is 8.31. The monoisotopic (exact) mass is 651 g/mol. The van der Waals surface area contributed by atoms with Crippen LogP contribution in [-0.2, 0) is 6.42 Å². The zero-order valence-corrected chi connectivity index (χ0v) is 31.0. The number of allylic oxidation sites excluding steroid dienone is 4. The maximum Gasteiger partial charge on any atom is 0.128 e. The summed E-state index contributed by atoms with van der Waals surface area (Å²) in [7, 11) is 0. The smallest absolute Gasteiger partial charge is 0.128 e. The van der Waals surface area contributed by atoms with Gasteiger partial charge in [-0.3, -0.25) is 0 Å². The molecule has 1 atom stereocenters. The first-order valence-corrected chi connectivity index (χ1v) is 18.0. The number of aryl methyl sites for hydroxylation is 2. The highest BCUT2D eigenvalue weighted by molar-refractivity contribution is 6.11. The van der Waals surface area contributed by atoms with E-state index in [0.717, 1.165) is 18.4 Å². The lowest BCUT2D eigenvalue weighted by atomic mass is 9.84. The highest BCUT2D eigenvalue weighted by atomic mass is 19.1. The van der Waals surface area contributed by atoms with Crippen molar-refractivity contribution in [2.45, 2.75) is 87.2 Å². The van der Waals surface area contributed by atoms with Crippen molar-refractivity contribution in [3.8, 4) is 0 Å². The average Bonchev–Trinajstić information content (AvgIpc) is 3.13. The first-order chi connectivity index (χ1) is 23.8. The van der Waals surface area contributed by atoms with E-state index in [-0.39, 0.29) is 11.9 Å².